The summed E-state index contributed by atoms with van der Waals surface area (Å²) in [6.07, 6.45) is 1.20. The summed E-state index contributed by atoms with van der Waals surface area (Å²) < 4.78 is 42.5. The fourth-order valence-corrected chi connectivity index (χ4v) is 5.35. The average Bonchev–Trinajstić information content (AvgIpc) is 3.43. The van der Waals surface area contributed by atoms with Gasteiger partial charge in [0.1, 0.15) is 11.7 Å². The lowest BCUT2D eigenvalue weighted by molar-refractivity contribution is 0.0230. The molecule has 0 aromatic heterocycles. The van der Waals surface area contributed by atoms with E-state index in [0.717, 1.165) is 24.0 Å². The Balaban J connectivity index is 1.58. The molecule has 0 bridgehead atoms. The quantitative estimate of drug-likeness (QED) is 0.454. The summed E-state index contributed by atoms with van der Waals surface area (Å²) in [6.45, 7) is 3.05. The van der Waals surface area contributed by atoms with Crippen molar-refractivity contribution in [1.82, 2.24) is 0 Å². The van der Waals surface area contributed by atoms with Crippen LogP contribution in [0.3, 0.4) is 0 Å². The van der Waals surface area contributed by atoms with E-state index in [9.17, 15) is 8.42 Å². The second kappa shape index (κ2) is 8.17. The van der Waals surface area contributed by atoms with Crippen LogP contribution in [0.2, 0.25) is 10.0 Å². The van der Waals surface area contributed by atoms with Gasteiger partial charge >= 0.3 is 0 Å². The minimum atomic E-state index is -3.90. The minimum absolute atomic E-state index is 0.0719. The third-order valence-electron chi connectivity index (χ3n) is 5.63. The van der Waals surface area contributed by atoms with Crippen LogP contribution in [0.5, 0.6) is 0 Å². The van der Waals surface area contributed by atoms with Gasteiger partial charge in [0.2, 0.25) is 0 Å². The molecule has 0 saturated carbocycles. The summed E-state index contributed by atoms with van der Waals surface area (Å²) in [4.78, 5) is 0.131. The van der Waals surface area contributed by atoms with Crippen LogP contribution in [0.4, 0.5) is 0 Å². The molecule has 0 aliphatic carbocycles. The highest BCUT2D eigenvalue weighted by Gasteiger charge is 2.63. The Kier molecular flexibility index (Phi) is 5.95. The smallest absolute Gasteiger partial charge is 0.297 e. The molecule has 2 aromatic rings. The minimum Gasteiger partial charge on any atom is -0.381 e. The van der Waals surface area contributed by atoms with E-state index >= 15 is 0 Å². The van der Waals surface area contributed by atoms with Crippen molar-refractivity contribution in [3.05, 3.63) is 63.6 Å². The lowest BCUT2D eigenvalue weighted by atomic mass is 9.82. The zero-order valence-electron chi connectivity index (χ0n) is 15.9. The molecule has 2 aliphatic heterocycles. The Hall–Kier alpha value is -1.15. The van der Waals surface area contributed by atoms with Gasteiger partial charge in [-0.05, 0) is 49.9 Å². The predicted molar refractivity (Wildman–Crippen MR) is 111 cm³/mol. The molecule has 0 radical (unpaired) electrons. The highest BCUT2D eigenvalue weighted by Crippen LogP contribution is 2.58. The van der Waals surface area contributed by atoms with Crippen molar-refractivity contribution in [3.63, 3.8) is 0 Å². The second-order valence-electron chi connectivity index (χ2n) is 7.53. The van der Waals surface area contributed by atoms with E-state index in [1.165, 1.54) is 0 Å². The van der Waals surface area contributed by atoms with E-state index in [-0.39, 0.29) is 23.5 Å². The Labute approximate surface area is 181 Å². The third-order valence-corrected chi connectivity index (χ3v) is 7.47. The molecule has 2 atom stereocenters. The maximum atomic E-state index is 12.7. The molecule has 156 valence electrons. The van der Waals surface area contributed by atoms with Crippen LogP contribution in [0.25, 0.3) is 0 Å². The van der Waals surface area contributed by atoms with Crippen molar-refractivity contribution in [2.45, 2.75) is 36.4 Å². The van der Waals surface area contributed by atoms with Crippen LogP contribution in [-0.4, -0.2) is 33.8 Å². The zero-order chi connectivity index (χ0) is 20.6. The van der Waals surface area contributed by atoms with Crippen LogP contribution in [0, 0.1) is 12.8 Å². The molecule has 8 heteroatoms. The van der Waals surface area contributed by atoms with Crippen molar-refractivity contribution >= 4 is 33.3 Å². The van der Waals surface area contributed by atoms with E-state index < -0.39 is 15.7 Å². The Morgan fingerprint density at radius 1 is 1.10 bits per heavy atom. The van der Waals surface area contributed by atoms with Crippen LogP contribution in [0.15, 0.2) is 47.4 Å². The average molecular weight is 457 g/mol. The molecule has 0 N–H and O–H groups in total. The molecule has 0 amide bonds. The number of rotatable bonds is 6. The van der Waals surface area contributed by atoms with E-state index in [2.05, 4.69) is 0 Å². The van der Waals surface area contributed by atoms with Gasteiger partial charge < -0.3 is 9.47 Å². The third kappa shape index (κ3) is 4.33. The summed E-state index contributed by atoms with van der Waals surface area (Å²) in [6, 6.07) is 11.8. The Morgan fingerprint density at radius 2 is 1.79 bits per heavy atom. The highest BCUT2D eigenvalue weighted by atomic mass is 35.5. The summed E-state index contributed by atoms with van der Waals surface area (Å²) in [7, 11) is -3.90. The summed E-state index contributed by atoms with van der Waals surface area (Å²) in [5.41, 5.74) is 1.02. The van der Waals surface area contributed by atoms with Crippen molar-refractivity contribution in [2.75, 3.05) is 19.8 Å². The van der Waals surface area contributed by atoms with Gasteiger partial charge in [0, 0.05) is 28.8 Å². The molecule has 4 rings (SSSR count). The van der Waals surface area contributed by atoms with Gasteiger partial charge in [0.05, 0.1) is 11.5 Å². The van der Waals surface area contributed by atoms with Crippen LogP contribution in [0.1, 0.15) is 30.1 Å². The normalized spacial score (nSPS) is 25.1. The molecule has 2 unspecified atom stereocenters. The lowest BCUT2D eigenvalue weighted by Gasteiger charge is -2.28. The summed E-state index contributed by atoms with van der Waals surface area (Å²) >= 11 is 12.4. The van der Waals surface area contributed by atoms with Gasteiger partial charge in [-0.3, -0.25) is 4.18 Å². The fourth-order valence-electron chi connectivity index (χ4n) is 3.89. The largest absolute Gasteiger partial charge is 0.381 e. The molecule has 5 nitrogen and oxygen atoms in total. The first-order valence-corrected chi connectivity index (χ1v) is 11.6. The number of ether oxygens (including phenoxy) is 2. The van der Waals surface area contributed by atoms with Gasteiger partial charge in [-0.25, -0.2) is 0 Å². The van der Waals surface area contributed by atoms with Gasteiger partial charge in [0.15, 0.2) is 0 Å². The number of hydrogen-bond acceptors (Lipinski definition) is 5. The molecular formula is C21H22Cl2O5S. The molecule has 2 aromatic carbocycles. The molecule has 29 heavy (non-hydrogen) atoms. The first kappa shape index (κ1) is 21.1. The highest BCUT2D eigenvalue weighted by molar-refractivity contribution is 7.86. The van der Waals surface area contributed by atoms with Crippen molar-refractivity contribution in [1.29, 1.82) is 0 Å². The van der Waals surface area contributed by atoms with E-state index in [0.29, 0.717) is 23.3 Å². The van der Waals surface area contributed by atoms with Gasteiger partial charge in [-0.15, -0.1) is 0 Å². The SMILES string of the molecule is Cc1ccc(S(=O)(=O)OCC2(C3CCOCC3)OC2c2ccc(Cl)cc2Cl)cc1. The number of aryl methyl sites for hydroxylation is 1. The predicted octanol–water partition coefficient (Wildman–Crippen LogP) is 4.94. The van der Waals surface area contributed by atoms with E-state index in [1.54, 1.807) is 36.4 Å². The molecule has 2 fully saturated rings. The van der Waals surface area contributed by atoms with Crippen LogP contribution >= 0.6 is 23.2 Å². The van der Waals surface area contributed by atoms with Crippen molar-refractivity contribution < 1.29 is 22.1 Å². The second-order valence-corrected chi connectivity index (χ2v) is 9.99. The fraction of sp³-hybridized carbons (Fsp3) is 0.429. The molecule has 2 heterocycles. The van der Waals surface area contributed by atoms with Crippen molar-refractivity contribution in [3.8, 4) is 0 Å². The molecule has 0 spiro atoms. The monoisotopic (exact) mass is 456 g/mol. The maximum Gasteiger partial charge on any atom is 0.297 e. The summed E-state index contributed by atoms with van der Waals surface area (Å²) in [5, 5.41) is 1.03. The van der Waals surface area contributed by atoms with Gasteiger partial charge in [0.25, 0.3) is 10.1 Å². The lowest BCUT2D eigenvalue weighted by Crippen LogP contribution is -2.36. The van der Waals surface area contributed by atoms with Crippen molar-refractivity contribution in [2.24, 2.45) is 5.92 Å². The van der Waals surface area contributed by atoms with Gasteiger partial charge in [-0.1, -0.05) is 47.0 Å². The number of benzene rings is 2. The number of epoxide rings is 1. The number of halogens is 2. The molecule has 2 aliphatic rings. The zero-order valence-corrected chi connectivity index (χ0v) is 18.3. The standard InChI is InChI=1S/C21H22Cl2O5S/c1-14-2-5-17(6-3-14)29(24,25)27-13-21(15-8-10-26-11-9-15)20(28-21)18-7-4-16(22)12-19(18)23/h2-7,12,15,20H,8-11,13H2,1H3. The van der Waals surface area contributed by atoms with Crippen LogP contribution < -0.4 is 0 Å². The number of hydrogen-bond donors (Lipinski definition) is 0. The Morgan fingerprint density at radius 3 is 2.45 bits per heavy atom. The van der Waals surface area contributed by atoms with Crippen LogP contribution in [-0.2, 0) is 23.8 Å². The Bertz CT molecular complexity index is 987. The topological polar surface area (TPSA) is 65.1 Å². The first-order valence-electron chi connectivity index (χ1n) is 9.48. The first-order chi connectivity index (χ1) is 13.8. The molecule has 2 saturated heterocycles. The maximum absolute atomic E-state index is 12.7. The van der Waals surface area contributed by atoms with E-state index in [4.69, 9.17) is 36.9 Å². The summed E-state index contributed by atoms with van der Waals surface area (Å²) in [5.74, 6) is 0.112. The van der Waals surface area contributed by atoms with Gasteiger partial charge in [-0.2, -0.15) is 8.42 Å². The molecular weight excluding hydrogens is 435 g/mol. The van der Waals surface area contributed by atoms with E-state index in [1.807, 2.05) is 13.0 Å².